The van der Waals surface area contributed by atoms with E-state index in [1.165, 1.54) is 0 Å². The van der Waals surface area contributed by atoms with Crippen molar-refractivity contribution in [3.8, 4) is 0 Å². The highest BCUT2D eigenvalue weighted by Crippen LogP contribution is 2.20. The van der Waals surface area contributed by atoms with Crippen LogP contribution in [0, 0.1) is 0 Å². The average molecular weight is 349 g/mol. The summed E-state index contributed by atoms with van der Waals surface area (Å²) in [7, 11) is 0. The summed E-state index contributed by atoms with van der Waals surface area (Å²) in [6, 6.07) is 11.7. The number of carboxylic acids is 1. The molecule has 0 fully saturated rings. The van der Waals surface area contributed by atoms with Gasteiger partial charge in [0.25, 0.3) is 5.91 Å². The Morgan fingerprint density at radius 1 is 1.19 bits per heavy atom. The number of hydrogen-bond donors (Lipinski definition) is 3. The van der Waals surface area contributed by atoms with Gasteiger partial charge in [0.1, 0.15) is 0 Å². The van der Waals surface area contributed by atoms with Gasteiger partial charge in [0, 0.05) is 21.4 Å². The van der Waals surface area contributed by atoms with Crippen molar-refractivity contribution in [3.63, 3.8) is 0 Å². The lowest BCUT2D eigenvalue weighted by Crippen LogP contribution is -2.14. The third-order valence-electron chi connectivity index (χ3n) is 2.79. The van der Waals surface area contributed by atoms with Gasteiger partial charge < -0.3 is 16.2 Å². The van der Waals surface area contributed by atoms with Gasteiger partial charge in [0.15, 0.2) is 0 Å². The molecule has 6 heteroatoms. The second-order valence-corrected chi connectivity index (χ2v) is 5.37. The number of halogens is 1. The zero-order valence-corrected chi connectivity index (χ0v) is 12.6. The van der Waals surface area contributed by atoms with Crippen LogP contribution >= 0.6 is 15.9 Å². The smallest absolute Gasteiger partial charge is 0.307 e. The second-order valence-electron chi connectivity index (χ2n) is 4.46. The van der Waals surface area contributed by atoms with E-state index < -0.39 is 5.97 Å². The number of anilines is 2. The molecule has 4 N–H and O–H groups in total. The maximum absolute atomic E-state index is 12.2. The van der Waals surface area contributed by atoms with Gasteiger partial charge in [0.05, 0.1) is 6.42 Å². The summed E-state index contributed by atoms with van der Waals surface area (Å²) in [5.41, 5.74) is 7.58. The molecular formula is C15H13BrN2O3. The lowest BCUT2D eigenvalue weighted by atomic mass is 10.1. The Balaban J connectivity index is 2.25. The van der Waals surface area contributed by atoms with Gasteiger partial charge in [-0.1, -0.05) is 34.1 Å². The van der Waals surface area contributed by atoms with Gasteiger partial charge in [-0.3, -0.25) is 9.59 Å². The van der Waals surface area contributed by atoms with Crippen molar-refractivity contribution in [3.05, 3.63) is 58.1 Å². The first kappa shape index (κ1) is 15.1. The lowest BCUT2D eigenvalue weighted by Gasteiger charge is -2.10. The van der Waals surface area contributed by atoms with E-state index in [1.807, 2.05) is 0 Å². The van der Waals surface area contributed by atoms with Crippen molar-refractivity contribution in [2.24, 2.45) is 0 Å². The van der Waals surface area contributed by atoms with Gasteiger partial charge in [-0.05, 0) is 29.8 Å². The van der Waals surface area contributed by atoms with Gasteiger partial charge >= 0.3 is 5.97 Å². The molecule has 0 aromatic heterocycles. The number of carbonyl (C=O) groups is 2. The van der Waals surface area contributed by atoms with E-state index >= 15 is 0 Å². The van der Waals surface area contributed by atoms with E-state index in [0.29, 0.717) is 27.0 Å². The van der Waals surface area contributed by atoms with Gasteiger partial charge in [0.2, 0.25) is 0 Å². The quantitative estimate of drug-likeness (QED) is 0.740. The molecule has 0 saturated carbocycles. The Kier molecular flexibility index (Phi) is 4.59. The molecule has 2 rings (SSSR count). The molecule has 0 spiro atoms. The Labute approximate surface area is 129 Å². The predicted octanol–water partition coefficient (Wildman–Crippen LogP) is 2.91. The van der Waals surface area contributed by atoms with Crippen LogP contribution in [0.3, 0.4) is 0 Å². The minimum atomic E-state index is -0.955. The Bertz CT molecular complexity index is 681. The van der Waals surface area contributed by atoms with Crippen LogP contribution in [0.1, 0.15) is 15.9 Å². The molecule has 0 atom stereocenters. The number of nitrogen functional groups attached to an aromatic ring is 1. The highest BCUT2D eigenvalue weighted by atomic mass is 79.9. The minimum absolute atomic E-state index is 0.156. The van der Waals surface area contributed by atoms with Gasteiger partial charge in [-0.15, -0.1) is 0 Å². The van der Waals surface area contributed by atoms with Crippen LogP contribution < -0.4 is 11.1 Å². The van der Waals surface area contributed by atoms with Crippen LogP contribution in [0.5, 0.6) is 0 Å². The number of nitrogens with two attached hydrogens (primary N) is 1. The van der Waals surface area contributed by atoms with E-state index in [0.717, 1.165) is 0 Å². The summed E-state index contributed by atoms with van der Waals surface area (Å²) < 4.78 is 0.700. The molecule has 0 saturated heterocycles. The van der Waals surface area contributed by atoms with E-state index in [-0.39, 0.29) is 12.3 Å². The number of carbonyl (C=O) groups excluding carboxylic acids is 1. The first-order chi connectivity index (χ1) is 9.95. The van der Waals surface area contributed by atoms with Crippen LogP contribution in [0.2, 0.25) is 0 Å². The van der Waals surface area contributed by atoms with Gasteiger partial charge in [-0.25, -0.2) is 0 Å². The molecule has 1 amide bonds. The summed E-state index contributed by atoms with van der Waals surface area (Å²) in [5.74, 6) is -1.30. The third-order valence-corrected chi connectivity index (χ3v) is 3.25. The molecular weight excluding hydrogens is 336 g/mol. The number of nitrogens with one attached hydrogen (secondary N) is 1. The fraction of sp³-hybridized carbons (Fsp3) is 0.0667. The minimum Gasteiger partial charge on any atom is -0.481 e. The summed E-state index contributed by atoms with van der Waals surface area (Å²) in [4.78, 5) is 23.1. The molecule has 0 bridgehead atoms. The van der Waals surface area contributed by atoms with Crippen LogP contribution in [0.15, 0.2) is 46.9 Å². The van der Waals surface area contributed by atoms with Crippen molar-refractivity contribution in [2.75, 3.05) is 11.1 Å². The highest BCUT2D eigenvalue weighted by molar-refractivity contribution is 9.10. The maximum atomic E-state index is 12.2. The molecule has 0 unspecified atom stereocenters. The van der Waals surface area contributed by atoms with Crippen molar-refractivity contribution in [1.29, 1.82) is 0 Å². The number of aliphatic carboxylic acids is 1. The predicted molar refractivity (Wildman–Crippen MR) is 84.3 cm³/mol. The lowest BCUT2D eigenvalue weighted by molar-refractivity contribution is -0.136. The molecule has 2 aromatic carbocycles. The summed E-state index contributed by atoms with van der Waals surface area (Å²) in [6.07, 6.45) is -0.156. The molecule has 5 nitrogen and oxygen atoms in total. The van der Waals surface area contributed by atoms with Crippen molar-refractivity contribution in [2.45, 2.75) is 6.42 Å². The number of hydrogen-bond acceptors (Lipinski definition) is 3. The molecule has 0 aliphatic carbocycles. The van der Waals surface area contributed by atoms with E-state index in [1.54, 1.807) is 42.5 Å². The van der Waals surface area contributed by atoms with Gasteiger partial charge in [-0.2, -0.15) is 0 Å². The number of amides is 1. The maximum Gasteiger partial charge on any atom is 0.307 e. The highest BCUT2D eigenvalue weighted by Gasteiger charge is 2.11. The average Bonchev–Trinajstić information content (AvgIpc) is 2.39. The zero-order chi connectivity index (χ0) is 15.4. The fourth-order valence-electron chi connectivity index (χ4n) is 1.90. The first-order valence-electron chi connectivity index (χ1n) is 6.13. The Hall–Kier alpha value is -2.34. The summed E-state index contributed by atoms with van der Waals surface area (Å²) in [6.45, 7) is 0. The fourth-order valence-corrected chi connectivity index (χ4v) is 2.41. The largest absolute Gasteiger partial charge is 0.481 e. The first-order valence-corrected chi connectivity index (χ1v) is 6.92. The number of carboxylic acid groups (broad SMARTS) is 1. The van der Waals surface area contributed by atoms with Crippen LogP contribution in [-0.4, -0.2) is 17.0 Å². The summed E-state index contributed by atoms with van der Waals surface area (Å²) in [5, 5.41) is 11.6. The molecule has 0 aliphatic heterocycles. The zero-order valence-electron chi connectivity index (χ0n) is 11.0. The Morgan fingerprint density at radius 3 is 2.57 bits per heavy atom. The standard InChI is InChI=1S/C15H13BrN2O3/c16-11-5-10(6-12(17)8-11)15(21)18-13-4-2-1-3-9(13)7-14(19)20/h1-6,8H,7,17H2,(H,18,21)(H,19,20). The molecule has 0 aliphatic rings. The van der Waals surface area contributed by atoms with Crippen molar-refractivity contribution in [1.82, 2.24) is 0 Å². The van der Waals surface area contributed by atoms with Crippen molar-refractivity contribution >= 4 is 39.2 Å². The molecule has 2 aromatic rings. The van der Waals surface area contributed by atoms with Crippen molar-refractivity contribution < 1.29 is 14.7 Å². The molecule has 0 heterocycles. The number of benzene rings is 2. The van der Waals surface area contributed by atoms with Crippen LogP contribution in [0.4, 0.5) is 11.4 Å². The van der Waals surface area contributed by atoms with Crippen LogP contribution in [0.25, 0.3) is 0 Å². The SMILES string of the molecule is Nc1cc(Br)cc(C(=O)Nc2ccccc2CC(=O)O)c1. The number of rotatable bonds is 4. The molecule has 21 heavy (non-hydrogen) atoms. The Morgan fingerprint density at radius 2 is 1.90 bits per heavy atom. The van der Waals surface area contributed by atoms with E-state index in [2.05, 4.69) is 21.2 Å². The molecule has 108 valence electrons. The summed E-state index contributed by atoms with van der Waals surface area (Å²) >= 11 is 3.28. The third kappa shape index (κ3) is 4.06. The normalized spacial score (nSPS) is 10.1. The molecule has 0 radical (unpaired) electrons. The van der Waals surface area contributed by atoms with E-state index in [4.69, 9.17) is 10.8 Å². The van der Waals surface area contributed by atoms with E-state index in [9.17, 15) is 9.59 Å². The van der Waals surface area contributed by atoms with Crippen LogP contribution in [-0.2, 0) is 11.2 Å². The monoisotopic (exact) mass is 348 g/mol. The second kappa shape index (κ2) is 6.41. The topological polar surface area (TPSA) is 92.4 Å². The number of para-hydroxylation sites is 1.